The van der Waals surface area contributed by atoms with E-state index in [2.05, 4.69) is 15.5 Å². The fraction of sp³-hybridized carbons (Fsp3) is 0.500. The van der Waals surface area contributed by atoms with Crippen molar-refractivity contribution in [2.24, 2.45) is 0 Å². The smallest absolute Gasteiger partial charge is 0.318 e. The summed E-state index contributed by atoms with van der Waals surface area (Å²) in [7, 11) is 1.77. The summed E-state index contributed by atoms with van der Waals surface area (Å²) in [5, 5.41) is 8.42. The second kappa shape index (κ2) is 3.82. The normalized spacial score (nSPS) is 10.1. The first kappa shape index (κ1) is 8.66. The molecule has 0 saturated carbocycles. The van der Waals surface area contributed by atoms with Gasteiger partial charge >= 0.3 is 11.1 Å². The van der Waals surface area contributed by atoms with Gasteiger partial charge in [0.05, 0.1) is 0 Å². The monoisotopic (exact) mass is 170 g/mol. The highest BCUT2D eigenvalue weighted by Crippen LogP contribution is 1.69. The van der Waals surface area contributed by atoms with Crippen molar-refractivity contribution in [3.63, 3.8) is 0 Å². The number of rotatable bonds is 3. The summed E-state index contributed by atoms with van der Waals surface area (Å²) in [5.41, 5.74) is -1.26. The maximum absolute atomic E-state index is 11.0. The number of hydrogen-bond acceptors (Lipinski definition) is 4. The summed E-state index contributed by atoms with van der Waals surface area (Å²) in [4.78, 5) is 21.8. The van der Waals surface area contributed by atoms with Gasteiger partial charge in [-0.2, -0.15) is 5.10 Å². The Morgan fingerprint density at radius 1 is 1.67 bits per heavy atom. The van der Waals surface area contributed by atoms with Crippen molar-refractivity contribution < 1.29 is 0 Å². The lowest BCUT2D eigenvalue weighted by atomic mass is 10.6. The fourth-order valence-corrected chi connectivity index (χ4v) is 0.779. The lowest BCUT2D eigenvalue weighted by Crippen LogP contribution is -2.38. The van der Waals surface area contributed by atoms with Gasteiger partial charge in [-0.05, 0) is 7.05 Å². The second-order valence-electron chi connectivity index (χ2n) is 2.29. The first-order valence-electron chi connectivity index (χ1n) is 3.54. The highest BCUT2D eigenvalue weighted by Gasteiger charge is 1.97. The van der Waals surface area contributed by atoms with Gasteiger partial charge in [-0.1, -0.05) is 0 Å². The van der Waals surface area contributed by atoms with E-state index in [0.29, 0.717) is 13.1 Å². The minimum Gasteiger partial charge on any atom is -0.318 e. The Bertz CT molecular complexity index is 353. The predicted octanol–water partition coefficient (Wildman–Crippen LogP) is -1.85. The molecule has 0 aliphatic carbocycles. The number of aromatic nitrogens is 3. The van der Waals surface area contributed by atoms with Gasteiger partial charge in [0.25, 0.3) is 0 Å². The van der Waals surface area contributed by atoms with Crippen LogP contribution in [0.4, 0.5) is 0 Å². The van der Waals surface area contributed by atoms with E-state index in [4.69, 9.17) is 0 Å². The first-order valence-corrected chi connectivity index (χ1v) is 3.54. The molecule has 0 unspecified atom stereocenters. The molecule has 1 rings (SSSR count). The van der Waals surface area contributed by atoms with Crippen LogP contribution >= 0.6 is 0 Å². The average Bonchev–Trinajstić information content (AvgIpc) is 2.08. The molecule has 0 fully saturated rings. The van der Waals surface area contributed by atoms with Crippen LogP contribution in [0.2, 0.25) is 0 Å². The van der Waals surface area contributed by atoms with Gasteiger partial charge in [0.1, 0.15) is 6.33 Å². The van der Waals surface area contributed by atoms with E-state index in [9.17, 15) is 9.59 Å². The molecule has 0 spiro atoms. The Morgan fingerprint density at radius 3 is 3.08 bits per heavy atom. The van der Waals surface area contributed by atoms with Crippen LogP contribution in [0.15, 0.2) is 15.9 Å². The summed E-state index contributed by atoms with van der Waals surface area (Å²) in [6, 6.07) is 0. The topological polar surface area (TPSA) is 79.8 Å². The molecular formula is C6H10N4O2. The summed E-state index contributed by atoms with van der Waals surface area (Å²) < 4.78 is 1.26. The van der Waals surface area contributed by atoms with E-state index in [1.807, 2.05) is 0 Å². The third-order valence-electron chi connectivity index (χ3n) is 1.42. The average molecular weight is 170 g/mol. The molecule has 0 saturated heterocycles. The summed E-state index contributed by atoms with van der Waals surface area (Å²) in [6.45, 7) is 1.08. The molecular weight excluding hydrogens is 160 g/mol. The lowest BCUT2D eigenvalue weighted by molar-refractivity contribution is 0.598. The van der Waals surface area contributed by atoms with E-state index >= 15 is 0 Å². The van der Waals surface area contributed by atoms with Crippen LogP contribution in [-0.2, 0) is 6.54 Å². The number of nitrogens with one attached hydrogen (secondary N) is 2. The molecule has 0 aromatic carbocycles. The molecule has 0 bridgehead atoms. The van der Waals surface area contributed by atoms with Crippen molar-refractivity contribution in [2.45, 2.75) is 6.54 Å². The van der Waals surface area contributed by atoms with E-state index < -0.39 is 11.1 Å². The highest BCUT2D eigenvalue weighted by molar-refractivity contribution is 4.74. The largest absolute Gasteiger partial charge is 0.330 e. The van der Waals surface area contributed by atoms with Crippen LogP contribution < -0.4 is 16.4 Å². The minimum absolute atomic E-state index is 0.451. The molecule has 6 heteroatoms. The molecule has 2 N–H and O–H groups in total. The Kier molecular flexibility index (Phi) is 2.76. The zero-order chi connectivity index (χ0) is 8.97. The number of hydrogen-bond donors (Lipinski definition) is 2. The van der Waals surface area contributed by atoms with Gasteiger partial charge in [0, 0.05) is 13.1 Å². The van der Waals surface area contributed by atoms with Crippen molar-refractivity contribution in [3.8, 4) is 0 Å². The first-order chi connectivity index (χ1) is 5.75. The van der Waals surface area contributed by atoms with Crippen molar-refractivity contribution in [3.05, 3.63) is 27.0 Å². The Hall–Kier alpha value is -1.43. The number of H-pyrrole nitrogens is 1. The third-order valence-corrected chi connectivity index (χ3v) is 1.42. The molecule has 12 heavy (non-hydrogen) atoms. The van der Waals surface area contributed by atoms with E-state index in [0.717, 1.165) is 0 Å². The van der Waals surface area contributed by atoms with Crippen LogP contribution in [0.5, 0.6) is 0 Å². The van der Waals surface area contributed by atoms with Crippen molar-refractivity contribution in [1.29, 1.82) is 0 Å². The van der Waals surface area contributed by atoms with Gasteiger partial charge in [-0.15, -0.1) is 0 Å². The number of nitrogens with zero attached hydrogens (tertiary/aromatic N) is 2. The van der Waals surface area contributed by atoms with Gasteiger partial charge in [0.15, 0.2) is 0 Å². The zero-order valence-corrected chi connectivity index (χ0v) is 6.70. The van der Waals surface area contributed by atoms with Crippen LogP contribution in [0.25, 0.3) is 0 Å². The fourth-order valence-electron chi connectivity index (χ4n) is 0.779. The maximum Gasteiger partial charge on any atom is 0.330 e. The molecule has 0 aliphatic rings. The van der Waals surface area contributed by atoms with E-state index in [-0.39, 0.29) is 0 Å². The Labute approximate surface area is 68.2 Å². The van der Waals surface area contributed by atoms with Crippen molar-refractivity contribution >= 4 is 0 Å². The van der Waals surface area contributed by atoms with Gasteiger partial charge in [0.2, 0.25) is 0 Å². The maximum atomic E-state index is 11.0. The Balaban J connectivity index is 2.93. The number of likely N-dealkylation sites (N-methyl/N-ethyl adjacent to an activating group) is 1. The molecule has 6 nitrogen and oxygen atoms in total. The summed E-state index contributed by atoms with van der Waals surface area (Å²) >= 11 is 0. The standard InChI is InChI=1S/C6H10N4O2/c1-7-2-3-10-4-8-9-5(11)6(10)12/h4,7H,2-3H2,1H3,(H,9,11). The molecule has 0 amide bonds. The Morgan fingerprint density at radius 2 is 2.42 bits per heavy atom. The zero-order valence-electron chi connectivity index (χ0n) is 6.70. The van der Waals surface area contributed by atoms with Crippen LogP contribution in [-0.4, -0.2) is 28.4 Å². The minimum atomic E-state index is -0.686. The van der Waals surface area contributed by atoms with Crippen LogP contribution in [0.1, 0.15) is 0 Å². The molecule has 1 aromatic heterocycles. The van der Waals surface area contributed by atoms with Crippen LogP contribution in [0.3, 0.4) is 0 Å². The van der Waals surface area contributed by atoms with Gasteiger partial charge in [-0.25, -0.2) is 5.10 Å². The van der Waals surface area contributed by atoms with Gasteiger partial charge in [-0.3, -0.25) is 14.2 Å². The third kappa shape index (κ3) is 1.79. The molecule has 66 valence electrons. The van der Waals surface area contributed by atoms with E-state index in [1.54, 1.807) is 7.05 Å². The predicted molar refractivity (Wildman–Crippen MR) is 43.0 cm³/mol. The number of aromatic amines is 1. The summed E-state index contributed by atoms with van der Waals surface area (Å²) in [5.74, 6) is 0. The lowest BCUT2D eigenvalue weighted by Gasteiger charge is -2.00. The molecule has 0 atom stereocenters. The molecule has 1 aromatic rings. The summed E-state index contributed by atoms with van der Waals surface area (Å²) in [6.07, 6.45) is 1.31. The molecule has 0 aliphatic heterocycles. The quantitative estimate of drug-likeness (QED) is 0.522. The van der Waals surface area contributed by atoms with Crippen molar-refractivity contribution in [1.82, 2.24) is 20.1 Å². The van der Waals surface area contributed by atoms with E-state index in [1.165, 1.54) is 10.9 Å². The molecule has 0 radical (unpaired) electrons. The molecule has 1 heterocycles. The van der Waals surface area contributed by atoms with Crippen molar-refractivity contribution in [2.75, 3.05) is 13.6 Å². The van der Waals surface area contributed by atoms with Gasteiger partial charge < -0.3 is 5.32 Å². The van der Waals surface area contributed by atoms with Crippen LogP contribution in [0, 0.1) is 0 Å². The highest BCUT2D eigenvalue weighted by atomic mass is 16.2. The second-order valence-corrected chi connectivity index (χ2v) is 2.29. The SMILES string of the molecule is CNCCn1cn[nH]c(=O)c1=O.